The molecule has 1 aromatic rings. The van der Waals surface area contributed by atoms with Crippen molar-refractivity contribution in [3.05, 3.63) is 23.9 Å². The molecule has 4 nitrogen and oxygen atoms in total. The molecule has 1 rings (SSSR count). The van der Waals surface area contributed by atoms with Gasteiger partial charge in [-0.3, -0.25) is 9.89 Å². The van der Waals surface area contributed by atoms with Crippen molar-refractivity contribution < 1.29 is 4.79 Å². The molecule has 0 radical (unpaired) electrons. The second kappa shape index (κ2) is 4.45. The number of H-pyrrole nitrogens is 1. The van der Waals surface area contributed by atoms with Crippen LogP contribution in [0.25, 0.3) is 0 Å². The van der Waals surface area contributed by atoms with Gasteiger partial charge in [0.25, 0.3) is 0 Å². The molecule has 0 fully saturated rings. The highest BCUT2D eigenvalue weighted by Crippen LogP contribution is 2.10. The molecule has 70 valence electrons. The Morgan fingerprint density at radius 2 is 2.54 bits per heavy atom. The van der Waals surface area contributed by atoms with Gasteiger partial charge in [-0.2, -0.15) is 5.10 Å². The van der Waals surface area contributed by atoms with E-state index >= 15 is 0 Å². The number of allylic oxidation sites excluding steroid dienone is 1. The van der Waals surface area contributed by atoms with E-state index in [9.17, 15) is 4.79 Å². The average molecular weight is 179 g/mol. The quantitative estimate of drug-likeness (QED) is 0.690. The summed E-state index contributed by atoms with van der Waals surface area (Å²) in [6.07, 6.45) is 5.73. The molecule has 1 amide bonds. The highest BCUT2D eigenvalue weighted by Gasteiger charge is 2.04. The number of carbonyl (C=O) groups excluding carboxylic acids is 1. The van der Waals surface area contributed by atoms with Gasteiger partial charge in [-0.25, -0.2) is 0 Å². The number of nitrogens with one attached hydrogen (secondary N) is 2. The van der Waals surface area contributed by atoms with Crippen LogP contribution in [-0.2, 0) is 11.2 Å². The molecule has 0 atom stereocenters. The third-order valence-electron chi connectivity index (χ3n) is 1.66. The van der Waals surface area contributed by atoms with E-state index in [0.717, 1.165) is 12.0 Å². The molecule has 0 saturated carbocycles. The molecule has 0 aliphatic rings. The van der Waals surface area contributed by atoms with Crippen molar-refractivity contribution in [2.24, 2.45) is 0 Å². The number of aromatic nitrogens is 2. The van der Waals surface area contributed by atoms with Crippen molar-refractivity contribution >= 4 is 11.7 Å². The number of hydrogen-bond donors (Lipinski definition) is 2. The Hall–Kier alpha value is -1.58. The summed E-state index contributed by atoms with van der Waals surface area (Å²) >= 11 is 0. The van der Waals surface area contributed by atoms with Gasteiger partial charge in [-0.15, -0.1) is 0 Å². The first-order valence-electron chi connectivity index (χ1n) is 4.23. The molecule has 0 spiro atoms. The molecule has 2 N–H and O–H groups in total. The molecule has 1 aromatic heterocycles. The maximum atomic E-state index is 11.1. The molecule has 0 saturated heterocycles. The topological polar surface area (TPSA) is 57.8 Å². The maximum Gasteiger partial charge on any atom is 0.249 e. The first-order valence-corrected chi connectivity index (χ1v) is 4.23. The van der Waals surface area contributed by atoms with E-state index in [1.807, 2.05) is 6.92 Å². The van der Waals surface area contributed by atoms with Crippen molar-refractivity contribution in [2.45, 2.75) is 20.3 Å². The summed E-state index contributed by atoms with van der Waals surface area (Å²) in [6.45, 7) is 3.81. The van der Waals surface area contributed by atoms with Gasteiger partial charge in [0.05, 0.1) is 6.20 Å². The molecule has 0 aromatic carbocycles. The summed E-state index contributed by atoms with van der Waals surface area (Å²) in [6, 6.07) is 0. The van der Waals surface area contributed by atoms with Crippen LogP contribution < -0.4 is 5.32 Å². The highest BCUT2D eigenvalue weighted by atomic mass is 16.1. The first-order chi connectivity index (χ1) is 6.27. The summed E-state index contributed by atoms with van der Waals surface area (Å²) in [5.41, 5.74) is 1.01. The van der Waals surface area contributed by atoms with E-state index < -0.39 is 0 Å². The Morgan fingerprint density at radius 3 is 3.15 bits per heavy atom. The number of aryl methyl sites for hydroxylation is 1. The predicted molar refractivity (Wildman–Crippen MR) is 51.4 cm³/mol. The van der Waals surface area contributed by atoms with E-state index in [1.165, 1.54) is 6.08 Å². The van der Waals surface area contributed by atoms with Gasteiger partial charge in [0.15, 0.2) is 0 Å². The van der Waals surface area contributed by atoms with Crippen LogP contribution in [0.2, 0.25) is 0 Å². The fourth-order valence-electron chi connectivity index (χ4n) is 1.00. The maximum absolute atomic E-state index is 11.1. The zero-order valence-electron chi connectivity index (χ0n) is 7.79. The zero-order valence-corrected chi connectivity index (χ0v) is 7.79. The van der Waals surface area contributed by atoms with Gasteiger partial charge in [0, 0.05) is 5.56 Å². The zero-order chi connectivity index (χ0) is 9.68. The lowest BCUT2D eigenvalue weighted by Crippen LogP contribution is -2.09. The van der Waals surface area contributed by atoms with Crippen molar-refractivity contribution in [1.82, 2.24) is 10.2 Å². The van der Waals surface area contributed by atoms with E-state index in [0.29, 0.717) is 5.82 Å². The number of carbonyl (C=O) groups is 1. The summed E-state index contributed by atoms with van der Waals surface area (Å²) < 4.78 is 0. The third-order valence-corrected chi connectivity index (χ3v) is 1.66. The Morgan fingerprint density at radius 1 is 1.77 bits per heavy atom. The lowest BCUT2D eigenvalue weighted by atomic mass is 10.2. The molecule has 0 aliphatic carbocycles. The fourth-order valence-corrected chi connectivity index (χ4v) is 1.00. The number of amides is 1. The second-order valence-corrected chi connectivity index (χ2v) is 2.61. The molecule has 1 heterocycles. The van der Waals surface area contributed by atoms with Crippen molar-refractivity contribution in [2.75, 3.05) is 5.32 Å². The largest absolute Gasteiger partial charge is 0.307 e. The van der Waals surface area contributed by atoms with Crippen LogP contribution in [0.1, 0.15) is 19.4 Å². The van der Waals surface area contributed by atoms with Crippen LogP contribution in [0.4, 0.5) is 5.82 Å². The first kappa shape index (κ1) is 9.51. The van der Waals surface area contributed by atoms with Crippen LogP contribution in [0.5, 0.6) is 0 Å². The van der Waals surface area contributed by atoms with Gasteiger partial charge in [0.1, 0.15) is 5.82 Å². The Labute approximate surface area is 77.0 Å². The van der Waals surface area contributed by atoms with Crippen LogP contribution in [0.3, 0.4) is 0 Å². The van der Waals surface area contributed by atoms with Gasteiger partial charge < -0.3 is 5.32 Å². The molecular formula is C9H13N3O. The van der Waals surface area contributed by atoms with Crippen molar-refractivity contribution in [3.63, 3.8) is 0 Å². The monoisotopic (exact) mass is 179 g/mol. The van der Waals surface area contributed by atoms with Crippen molar-refractivity contribution in [1.29, 1.82) is 0 Å². The fraction of sp³-hybridized carbons (Fsp3) is 0.333. The van der Waals surface area contributed by atoms with Gasteiger partial charge in [-0.05, 0) is 19.4 Å². The number of anilines is 1. The van der Waals surface area contributed by atoms with E-state index in [-0.39, 0.29) is 5.91 Å². The molecule has 4 heteroatoms. The van der Waals surface area contributed by atoms with Crippen LogP contribution in [0, 0.1) is 0 Å². The van der Waals surface area contributed by atoms with E-state index in [2.05, 4.69) is 15.5 Å². The number of nitrogens with zero attached hydrogens (tertiary/aromatic N) is 1. The summed E-state index contributed by atoms with van der Waals surface area (Å²) in [4.78, 5) is 11.1. The molecule has 0 unspecified atom stereocenters. The predicted octanol–water partition coefficient (Wildman–Crippen LogP) is 1.49. The summed E-state index contributed by atoms with van der Waals surface area (Å²) in [5, 5.41) is 9.27. The summed E-state index contributed by atoms with van der Waals surface area (Å²) in [5.74, 6) is 0.548. The van der Waals surface area contributed by atoms with Gasteiger partial charge in [0.2, 0.25) is 5.91 Å². The SMILES string of the molecule is C/C=C/C(=O)Nc1[nH]ncc1CC. The Balaban J connectivity index is 2.68. The van der Waals surface area contributed by atoms with E-state index in [4.69, 9.17) is 0 Å². The minimum atomic E-state index is -0.138. The van der Waals surface area contributed by atoms with Crippen molar-refractivity contribution in [3.8, 4) is 0 Å². The lowest BCUT2D eigenvalue weighted by Gasteiger charge is -1.99. The average Bonchev–Trinajstić information content (AvgIpc) is 2.52. The van der Waals surface area contributed by atoms with Crippen LogP contribution >= 0.6 is 0 Å². The van der Waals surface area contributed by atoms with Crippen LogP contribution in [0.15, 0.2) is 18.3 Å². The highest BCUT2D eigenvalue weighted by molar-refractivity contribution is 5.98. The molecule has 13 heavy (non-hydrogen) atoms. The van der Waals surface area contributed by atoms with E-state index in [1.54, 1.807) is 19.2 Å². The smallest absolute Gasteiger partial charge is 0.249 e. The lowest BCUT2D eigenvalue weighted by molar-refractivity contribution is -0.111. The molecule has 0 bridgehead atoms. The standard InChI is InChI=1S/C9H13N3O/c1-3-5-8(13)11-9-7(4-2)6-10-12-9/h3,5-6H,4H2,1-2H3,(H2,10,11,12,13)/b5-3+. The minimum absolute atomic E-state index is 0.138. The number of aromatic amines is 1. The number of hydrogen-bond acceptors (Lipinski definition) is 2. The normalized spacial score (nSPS) is 10.6. The number of rotatable bonds is 3. The van der Waals surface area contributed by atoms with Gasteiger partial charge >= 0.3 is 0 Å². The third kappa shape index (κ3) is 2.43. The Kier molecular flexibility index (Phi) is 3.25. The van der Waals surface area contributed by atoms with Crippen LogP contribution in [-0.4, -0.2) is 16.1 Å². The minimum Gasteiger partial charge on any atom is -0.307 e. The Bertz CT molecular complexity index is 314. The molecule has 0 aliphatic heterocycles. The summed E-state index contributed by atoms with van der Waals surface area (Å²) in [7, 11) is 0. The van der Waals surface area contributed by atoms with Gasteiger partial charge in [-0.1, -0.05) is 13.0 Å². The second-order valence-electron chi connectivity index (χ2n) is 2.61. The molecular weight excluding hydrogens is 166 g/mol.